The molecule has 5 nitrogen and oxygen atoms in total. The van der Waals surface area contributed by atoms with E-state index in [-0.39, 0.29) is 5.57 Å². The van der Waals surface area contributed by atoms with Crippen LogP contribution in [0.3, 0.4) is 0 Å². The van der Waals surface area contributed by atoms with Gasteiger partial charge in [0.2, 0.25) is 0 Å². The molecule has 0 fully saturated rings. The van der Waals surface area contributed by atoms with Crippen molar-refractivity contribution in [1.29, 1.82) is 5.26 Å². The van der Waals surface area contributed by atoms with Gasteiger partial charge in [0, 0.05) is 8.95 Å². The van der Waals surface area contributed by atoms with Crippen LogP contribution < -0.4 is 14.8 Å². The number of nitrogens with zero attached hydrogens (tertiary/aromatic N) is 1. The molecule has 0 atom stereocenters. The molecule has 0 aliphatic carbocycles. The summed E-state index contributed by atoms with van der Waals surface area (Å²) in [6.45, 7) is 2.23. The fraction of sp³-hybridized carbons (Fsp3) is 0.103. The maximum absolute atomic E-state index is 12.9. The van der Waals surface area contributed by atoms with Gasteiger partial charge in [0.1, 0.15) is 18.2 Å². The molecule has 0 heterocycles. The second kappa shape index (κ2) is 11.8. The van der Waals surface area contributed by atoms with Crippen molar-refractivity contribution in [3.05, 3.63) is 103 Å². The van der Waals surface area contributed by atoms with Gasteiger partial charge in [0.25, 0.3) is 5.91 Å². The number of anilines is 1. The summed E-state index contributed by atoms with van der Waals surface area (Å²) < 4.78 is 13.0. The maximum atomic E-state index is 12.9. The molecular formula is C29H21Br2ClN2O3. The van der Waals surface area contributed by atoms with Gasteiger partial charge in [-0.25, -0.2) is 0 Å². The smallest absolute Gasteiger partial charge is 0.266 e. The molecule has 0 aliphatic rings. The molecule has 1 N–H and O–H groups in total. The van der Waals surface area contributed by atoms with Crippen molar-refractivity contribution < 1.29 is 14.3 Å². The van der Waals surface area contributed by atoms with Crippen LogP contribution in [0.2, 0.25) is 5.02 Å². The zero-order valence-electron chi connectivity index (χ0n) is 19.9. The van der Waals surface area contributed by atoms with Crippen LogP contribution in [0.15, 0.2) is 81.2 Å². The van der Waals surface area contributed by atoms with Gasteiger partial charge < -0.3 is 14.8 Å². The highest BCUT2D eigenvalue weighted by molar-refractivity contribution is 9.11. The molecule has 0 saturated heterocycles. The van der Waals surface area contributed by atoms with E-state index in [1.54, 1.807) is 12.1 Å². The molecule has 4 aromatic rings. The molecule has 0 spiro atoms. The number of rotatable bonds is 7. The molecule has 0 saturated carbocycles. The molecule has 1 amide bonds. The molecule has 4 rings (SSSR count). The van der Waals surface area contributed by atoms with Crippen LogP contribution in [-0.2, 0) is 11.4 Å². The fourth-order valence-corrected chi connectivity index (χ4v) is 5.73. The Morgan fingerprint density at radius 3 is 2.49 bits per heavy atom. The Morgan fingerprint density at radius 1 is 1.08 bits per heavy atom. The predicted octanol–water partition coefficient (Wildman–Crippen LogP) is 8.46. The quantitative estimate of drug-likeness (QED) is 0.163. The molecule has 0 aliphatic heterocycles. The van der Waals surface area contributed by atoms with E-state index in [1.807, 2.05) is 67.6 Å². The topological polar surface area (TPSA) is 71.3 Å². The lowest BCUT2D eigenvalue weighted by atomic mass is 10.1. The Labute approximate surface area is 236 Å². The summed E-state index contributed by atoms with van der Waals surface area (Å²) >= 11 is 13.5. The van der Waals surface area contributed by atoms with Crippen LogP contribution in [0.25, 0.3) is 16.8 Å². The van der Waals surface area contributed by atoms with Crippen LogP contribution >= 0.6 is 43.5 Å². The third kappa shape index (κ3) is 6.16. The van der Waals surface area contributed by atoms with Crippen LogP contribution in [0.1, 0.15) is 16.7 Å². The van der Waals surface area contributed by atoms with Gasteiger partial charge in [0.05, 0.1) is 17.8 Å². The van der Waals surface area contributed by atoms with Gasteiger partial charge in [-0.15, -0.1) is 0 Å². The molecule has 0 radical (unpaired) electrons. The van der Waals surface area contributed by atoms with Gasteiger partial charge in [-0.1, -0.05) is 54.1 Å². The molecule has 0 unspecified atom stereocenters. The highest BCUT2D eigenvalue weighted by Crippen LogP contribution is 2.38. The van der Waals surface area contributed by atoms with Crippen molar-refractivity contribution in [2.75, 3.05) is 12.4 Å². The molecule has 186 valence electrons. The molecule has 4 aromatic carbocycles. The van der Waals surface area contributed by atoms with Crippen molar-refractivity contribution in [3.63, 3.8) is 0 Å². The van der Waals surface area contributed by atoms with Crippen molar-refractivity contribution >= 4 is 71.9 Å². The normalized spacial score (nSPS) is 11.2. The minimum atomic E-state index is -0.556. The van der Waals surface area contributed by atoms with Crippen LogP contribution in [0.4, 0.5) is 5.69 Å². The minimum absolute atomic E-state index is 0.0954. The number of fused-ring (bicyclic) bond motifs is 1. The molecule has 37 heavy (non-hydrogen) atoms. The van der Waals surface area contributed by atoms with Crippen molar-refractivity contribution in [2.24, 2.45) is 0 Å². The lowest BCUT2D eigenvalue weighted by Crippen LogP contribution is -2.14. The number of amides is 1. The predicted molar refractivity (Wildman–Crippen MR) is 155 cm³/mol. The summed E-state index contributed by atoms with van der Waals surface area (Å²) in [4.78, 5) is 12.9. The summed E-state index contributed by atoms with van der Waals surface area (Å²) in [5, 5.41) is 15.0. The lowest BCUT2D eigenvalue weighted by Gasteiger charge is -2.15. The number of aryl methyl sites for hydroxylation is 1. The monoisotopic (exact) mass is 638 g/mol. The summed E-state index contributed by atoms with van der Waals surface area (Å²) in [5.74, 6) is 0.213. The summed E-state index contributed by atoms with van der Waals surface area (Å²) in [6, 6.07) is 23.1. The number of methoxy groups -OCH3 is 1. The number of hydrogen-bond acceptors (Lipinski definition) is 4. The van der Waals surface area contributed by atoms with Gasteiger partial charge >= 0.3 is 0 Å². The number of carbonyl (C=O) groups excluding carboxylic acids is 1. The number of nitrogens with one attached hydrogen (secondary N) is 1. The average Bonchev–Trinajstić information content (AvgIpc) is 2.88. The number of ether oxygens (including phenoxy) is 2. The van der Waals surface area contributed by atoms with Crippen molar-refractivity contribution in [2.45, 2.75) is 13.5 Å². The molecule has 8 heteroatoms. The first-order chi connectivity index (χ1) is 17.8. The number of benzene rings is 4. The summed E-state index contributed by atoms with van der Waals surface area (Å²) in [5.41, 5.74) is 2.98. The standard InChI is InChI=1S/C29H21Br2ClN2O3/c1-17-10-23(30)27(24(31)11-17)34-29(35)21(15-33)12-18-13-25(32)28(26(14-18)36-2)37-16-20-8-5-7-19-6-3-4-9-22(19)20/h3-14H,16H2,1-2H3,(H,34,35)/b21-12+. The maximum Gasteiger partial charge on any atom is 0.266 e. The lowest BCUT2D eigenvalue weighted by molar-refractivity contribution is -0.112. The van der Waals surface area contributed by atoms with Gasteiger partial charge in [-0.2, -0.15) is 5.26 Å². The van der Waals surface area contributed by atoms with Crippen molar-refractivity contribution in [3.8, 4) is 17.6 Å². The zero-order chi connectivity index (χ0) is 26.5. The van der Waals surface area contributed by atoms with E-state index in [0.717, 1.165) is 21.9 Å². The molecular weight excluding hydrogens is 620 g/mol. The van der Waals surface area contributed by atoms with Crippen LogP contribution in [0, 0.1) is 18.3 Å². The first kappa shape index (κ1) is 26.7. The number of hydrogen-bond donors (Lipinski definition) is 1. The van der Waals surface area contributed by atoms with E-state index in [9.17, 15) is 10.1 Å². The van der Waals surface area contributed by atoms with Gasteiger partial charge in [-0.05, 0) is 96.6 Å². The first-order valence-electron chi connectivity index (χ1n) is 11.2. The Morgan fingerprint density at radius 2 is 1.78 bits per heavy atom. The second-order valence-electron chi connectivity index (χ2n) is 8.19. The fourth-order valence-electron chi connectivity index (χ4n) is 3.85. The minimum Gasteiger partial charge on any atom is -0.493 e. The largest absolute Gasteiger partial charge is 0.493 e. The zero-order valence-corrected chi connectivity index (χ0v) is 23.9. The van der Waals surface area contributed by atoms with E-state index in [4.69, 9.17) is 21.1 Å². The van der Waals surface area contributed by atoms with Crippen molar-refractivity contribution in [1.82, 2.24) is 0 Å². The average molecular weight is 641 g/mol. The molecule has 0 bridgehead atoms. The van der Waals surface area contributed by atoms with Gasteiger partial charge in [-0.3, -0.25) is 4.79 Å². The first-order valence-corrected chi connectivity index (χ1v) is 13.1. The van der Waals surface area contributed by atoms with E-state index in [1.165, 1.54) is 13.2 Å². The van der Waals surface area contributed by atoms with E-state index in [2.05, 4.69) is 37.2 Å². The SMILES string of the molecule is COc1cc(/C=C(\C#N)C(=O)Nc2c(Br)cc(C)cc2Br)cc(Cl)c1OCc1cccc2ccccc12. The Bertz CT molecular complexity index is 1550. The van der Waals surface area contributed by atoms with Crippen LogP contribution in [-0.4, -0.2) is 13.0 Å². The highest BCUT2D eigenvalue weighted by Gasteiger charge is 2.17. The number of nitriles is 1. The van der Waals surface area contributed by atoms with Crippen LogP contribution in [0.5, 0.6) is 11.5 Å². The Hall–Kier alpha value is -3.31. The number of carbonyl (C=O) groups is 1. The number of halogens is 3. The Kier molecular flexibility index (Phi) is 8.55. The second-order valence-corrected chi connectivity index (χ2v) is 10.3. The summed E-state index contributed by atoms with van der Waals surface area (Å²) in [7, 11) is 1.51. The summed E-state index contributed by atoms with van der Waals surface area (Å²) in [6.07, 6.45) is 1.45. The van der Waals surface area contributed by atoms with Gasteiger partial charge in [0.15, 0.2) is 11.5 Å². The van der Waals surface area contributed by atoms with E-state index < -0.39 is 5.91 Å². The third-order valence-corrected chi connectivity index (χ3v) is 7.14. The highest BCUT2D eigenvalue weighted by atomic mass is 79.9. The third-order valence-electron chi connectivity index (χ3n) is 5.60. The Balaban J connectivity index is 1.58. The molecule has 0 aromatic heterocycles. The van der Waals surface area contributed by atoms with E-state index in [0.29, 0.717) is 43.3 Å². The van der Waals surface area contributed by atoms with E-state index >= 15 is 0 Å².